The first-order chi connectivity index (χ1) is 12.2. The molecule has 1 aliphatic heterocycles. The van der Waals surface area contributed by atoms with Gasteiger partial charge in [0, 0.05) is 38.3 Å². The van der Waals surface area contributed by atoms with Crippen LogP contribution in [0.2, 0.25) is 0 Å². The molecule has 0 aromatic heterocycles. The number of rotatable bonds is 6. The third kappa shape index (κ3) is 5.13. The molecule has 1 heterocycles. The van der Waals surface area contributed by atoms with Crippen molar-refractivity contribution in [1.29, 1.82) is 0 Å². The Labute approximate surface area is 148 Å². The van der Waals surface area contributed by atoms with Gasteiger partial charge >= 0.3 is 0 Å². The molecule has 0 spiro atoms. The van der Waals surface area contributed by atoms with Gasteiger partial charge in [-0.1, -0.05) is 36.4 Å². The minimum absolute atomic E-state index is 0.0675. The van der Waals surface area contributed by atoms with Crippen molar-refractivity contribution >= 4 is 5.91 Å². The second-order valence-corrected chi connectivity index (χ2v) is 6.29. The van der Waals surface area contributed by atoms with Gasteiger partial charge in [0.2, 0.25) is 0 Å². The summed E-state index contributed by atoms with van der Waals surface area (Å²) in [6.45, 7) is 5.48. The molecule has 1 aliphatic rings. The molecule has 132 valence electrons. The predicted octanol–water partition coefficient (Wildman–Crippen LogP) is 1.91. The van der Waals surface area contributed by atoms with Gasteiger partial charge < -0.3 is 15.8 Å². The number of amides is 1. The molecule has 0 atom stereocenters. The summed E-state index contributed by atoms with van der Waals surface area (Å²) < 4.78 is 5.39. The molecule has 0 bridgehead atoms. The van der Waals surface area contributed by atoms with Gasteiger partial charge in [-0.3, -0.25) is 9.69 Å². The topological polar surface area (TPSA) is 67.6 Å². The fourth-order valence-electron chi connectivity index (χ4n) is 2.93. The van der Waals surface area contributed by atoms with Crippen molar-refractivity contribution in [1.82, 2.24) is 10.2 Å². The van der Waals surface area contributed by atoms with Gasteiger partial charge in [-0.05, 0) is 28.8 Å². The van der Waals surface area contributed by atoms with Crippen LogP contribution in [0.1, 0.15) is 27.0 Å². The maximum Gasteiger partial charge on any atom is 0.251 e. The van der Waals surface area contributed by atoms with E-state index in [1.807, 2.05) is 36.4 Å². The standard InChI is InChI=1S/C20H25N3O2/c21-13-16-4-6-19(7-5-16)20(24)22-14-17-2-1-3-18(12-17)15-23-8-10-25-11-9-23/h1-7,12H,8-11,13-15,21H2,(H,22,24). The van der Waals surface area contributed by atoms with Gasteiger partial charge in [0.1, 0.15) is 0 Å². The second kappa shape index (κ2) is 8.76. The fraction of sp³-hybridized carbons (Fsp3) is 0.350. The first-order valence-corrected chi connectivity index (χ1v) is 8.70. The van der Waals surface area contributed by atoms with E-state index < -0.39 is 0 Å². The van der Waals surface area contributed by atoms with Crippen LogP contribution in [-0.4, -0.2) is 37.1 Å². The van der Waals surface area contributed by atoms with Crippen molar-refractivity contribution in [3.63, 3.8) is 0 Å². The van der Waals surface area contributed by atoms with E-state index in [2.05, 4.69) is 22.3 Å². The van der Waals surface area contributed by atoms with Crippen molar-refractivity contribution in [2.75, 3.05) is 26.3 Å². The highest BCUT2D eigenvalue weighted by molar-refractivity contribution is 5.94. The van der Waals surface area contributed by atoms with E-state index in [-0.39, 0.29) is 5.91 Å². The smallest absolute Gasteiger partial charge is 0.251 e. The highest BCUT2D eigenvalue weighted by atomic mass is 16.5. The number of morpholine rings is 1. The molecule has 25 heavy (non-hydrogen) atoms. The maximum absolute atomic E-state index is 12.3. The third-order valence-corrected chi connectivity index (χ3v) is 4.41. The molecule has 1 saturated heterocycles. The van der Waals surface area contributed by atoms with Gasteiger partial charge in [0.15, 0.2) is 0 Å². The van der Waals surface area contributed by atoms with Crippen LogP contribution in [0, 0.1) is 0 Å². The quantitative estimate of drug-likeness (QED) is 0.844. The zero-order chi connectivity index (χ0) is 17.5. The first kappa shape index (κ1) is 17.6. The largest absolute Gasteiger partial charge is 0.379 e. The molecule has 1 fully saturated rings. The van der Waals surface area contributed by atoms with Crippen molar-refractivity contribution in [3.05, 3.63) is 70.8 Å². The van der Waals surface area contributed by atoms with E-state index in [0.717, 1.165) is 44.0 Å². The fourth-order valence-corrected chi connectivity index (χ4v) is 2.93. The van der Waals surface area contributed by atoms with Crippen molar-refractivity contribution < 1.29 is 9.53 Å². The highest BCUT2D eigenvalue weighted by Crippen LogP contribution is 2.10. The Hall–Kier alpha value is -2.21. The molecule has 2 aromatic carbocycles. The lowest BCUT2D eigenvalue weighted by atomic mass is 10.1. The molecular weight excluding hydrogens is 314 g/mol. The molecule has 0 saturated carbocycles. The third-order valence-electron chi connectivity index (χ3n) is 4.41. The van der Waals surface area contributed by atoms with Crippen LogP contribution < -0.4 is 11.1 Å². The minimum Gasteiger partial charge on any atom is -0.379 e. The Morgan fingerprint density at radius 2 is 1.76 bits per heavy atom. The highest BCUT2D eigenvalue weighted by Gasteiger charge is 2.11. The second-order valence-electron chi connectivity index (χ2n) is 6.29. The van der Waals surface area contributed by atoms with Gasteiger partial charge in [-0.25, -0.2) is 0 Å². The number of nitrogens with two attached hydrogens (primary N) is 1. The van der Waals surface area contributed by atoms with Gasteiger partial charge in [0.25, 0.3) is 5.91 Å². The number of carbonyl (C=O) groups is 1. The Morgan fingerprint density at radius 1 is 1.04 bits per heavy atom. The molecule has 3 rings (SSSR count). The average Bonchev–Trinajstić information content (AvgIpc) is 2.67. The predicted molar refractivity (Wildman–Crippen MR) is 98.0 cm³/mol. The first-order valence-electron chi connectivity index (χ1n) is 8.70. The normalized spacial score (nSPS) is 15.1. The number of carbonyl (C=O) groups excluding carboxylic acids is 1. The van der Waals surface area contributed by atoms with Crippen LogP contribution >= 0.6 is 0 Å². The SMILES string of the molecule is NCc1ccc(C(=O)NCc2cccc(CN3CCOCC3)c2)cc1. The summed E-state index contributed by atoms with van der Waals surface area (Å²) in [4.78, 5) is 14.6. The molecule has 1 amide bonds. The van der Waals surface area contributed by atoms with Crippen LogP contribution in [0.5, 0.6) is 0 Å². The summed E-state index contributed by atoms with van der Waals surface area (Å²) in [5, 5.41) is 2.98. The summed E-state index contributed by atoms with van der Waals surface area (Å²) in [6.07, 6.45) is 0. The summed E-state index contributed by atoms with van der Waals surface area (Å²) in [7, 11) is 0. The number of hydrogen-bond donors (Lipinski definition) is 2. The van der Waals surface area contributed by atoms with Crippen LogP contribution in [0.4, 0.5) is 0 Å². The van der Waals surface area contributed by atoms with E-state index in [4.69, 9.17) is 10.5 Å². The van der Waals surface area contributed by atoms with Crippen LogP contribution in [0.3, 0.4) is 0 Å². The van der Waals surface area contributed by atoms with Gasteiger partial charge in [-0.15, -0.1) is 0 Å². The number of ether oxygens (including phenoxy) is 1. The summed E-state index contributed by atoms with van der Waals surface area (Å²) in [6, 6.07) is 15.8. The maximum atomic E-state index is 12.3. The molecule has 0 aliphatic carbocycles. The number of hydrogen-bond acceptors (Lipinski definition) is 4. The van der Waals surface area contributed by atoms with Gasteiger partial charge in [0.05, 0.1) is 13.2 Å². The molecule has 0 radical (unpaired) electrons. The average molecular weight is 339 g/mol. The van der Waals surface area contributed by atoms with E-state index in [9.17, 15) is 4.79 Å². The van der Waals surface area contributed by atoms with Crippen LogP contribution in [-0.2, 0) is 24.4 Å². The molecular formula is C20H25N3O2. The molecule has 0 unspecified atom stereocenters. The minimum atomic E-state index is -0.0675. The lowest BCUT2D eigenvalue weighted by Gasteiger charge is -2.26. The van der Waals surface area contributed by atoms with E-state index >= 15 is 0 Å². The zero-order valence-corrected chi connectivity index (χ0v) is 14.4. The van der Waals surface area contributed by atoms with Crippen LogP contribution in [0.25, 0.3) is 0 Å². The van der Waals surface area contributed by atoms with E-state index in [1.165, 1.54) is 5.56 Å². The number of benzene rings is 2. The Kier molecular flexibility index (Phi) is 6.17. The zero-order valence-electron chi connectivity index (χ0n) is 14.4. The Morgan fingerprint density at radius 3 is 2.48 bits per heavy atom. The van der Waals surface area contributed by atoms with E-state index in [0.29, 0.717) is 18.7 Å². The van der Waals surface area contributed by atoms with Crippen molar-refractivity contribution in [2.45, 2.75) is 19.6 Å². The van der Waals surface area contributed by atoms with Crippen LogP contribution in [0.15, 0.2) is 48.5 Å². The lowest BCUT2D eigenvalue weighted by Crippen LogP contribution is -2.35. The summed E-state index contributed by atoms with van der Waals surface area (Å²) >= 11 is 0. The molecule has 5 nitrogen and oxygen atoms in total. The van der Waals surface area contributed by atoms with Gasteiger partial charge in [-0.2, -0.15) is 0 Å². The van der Waals surface area contributed by atoms with Crippen molar-refractivity contribution in [2.24, 2.45) is 5.73 Å². The van der Waals surface area contributed by atoms with E-state index in [1.54, 1.807) is 0 Å². The Bertz CT molecular complexity index is 694. The molecule has 2 aromatic rings. The monoisotopic (exact) mass is 339 g/mol. The molecule has 5 heteroatoms. The summed E-state index contributed by atoms with van der Waals surface area (Å²) in [5.41, 5.74) is 9.63. The number of nitrogens with zero attached hydrogens (tertiary/aromatic N) is 1. The Balaban J connectivity index is 1.55. The number of nitrogens with one attached hydrogen (secondary N) is 1. The summed E-state index contributed by atoms with van der Waals surface area (Å²) in [5.74, 6) is -0.0675. The van der Waals surface area contributed by atoms with Crippen molar-refractivity contribution in [3.8, 4) is 0 Å². The lowest BCUT2D eigenvalue weighted by molar-refractivity contribution is 0.0342. The molecule has 3 N–H and O–H groups in total.